The minimum Gasteiger partial charge on any atom is -0.369 e. The highest BCUT2D eigenvalue weighted by molar-refractivity contribution is 8.76. The number of hydrogen-bond acceptors (Lipinski definition) is 6. The van der Waals surface area contributed by atoms with E-state index in [0.717, 1.165) is 12.3 Å². The Morgan fingerprint density at radius 1 is 1.18 bits per heavy atom. The second-order valence-corrected chi connectivity index (χ2v) is 8.10. The number of ether oxygens (including phenoxy) is 2. The van der Waals surface area contributed by atoms with Crippen LogP contribution in [0.5, 0.6) is 0 Å². The summed E-state index contributed by atoms with van der Waals surface area (Å²) in [5.41, 5.74) is 0.150. The fraction of sp³-hybridized carbons (Fsp3) is 0.933. The minimum absolute atomic E-state index is 0.0782. The Morgan fingerprint density at radius 3 is 2.50 bits per heavy atom. The Hall–Kier alpha value is 0.0500. The van der Waals surface area contributed by atoms with Gasteiger partial charge < -0.3 is 20.1 Å². The van der Waals surface area contributed by atoms with Crippen LogP contribution >= 0.6 is 21.6 Å². The average molecular weight is 353 g/mol. The lowest BCUT2D eigenvalue weighted by Crippen LogP contribution is -2.28. The van der Waals surface area contributed by atoms with Crippen LogP contribution in [0.3, 0.4) is 0 Å². The van der Waals surface area contributed by atoms with Gasteiger partial charge in [0.2, 0.25) is 5.91 Å². The smallest absolute Gasteiger partial charge is 0.245 e. The molecule has 0 aliphatic heterocycles. The van der Waals surface area contributed by atoms with Crippen molar-refractivity contribution in [3.05, 3.63) is 0 Å². The predicted octanol–water partition coefficient (Wildman–Crippen LogP) is 2.52. The fourth-order valence-corrected chi connectivity index (χ4v) is 4.05. The molecule has 2 N–H and O–H groups in total. The van der Waals surface area contributed by atoms with Crippen molar-refractivity contribution in [2.24, 2.45) is 5.92 Å². The van der Waals surface area contributed by atoms with E-state index in [0.29, 0.717) is 31.7 Å². The van der Waals surface area contributed by atoms with Crippen molar-refractivity contribution in [3.8, 4) is 0 Å². The van der Waals surface area contributed by atoms with Crippen molar-refractivity contribution >= 4 is 27.5 Å². The third-order valence-electron chi connectivity index (χ3n) is 2.56. The molecule has 0 fully saturated rings. The van der Waals surface area contributed by atoms with E-state index in [4.69, 9.17) is 9.47 Å². The molecule has 0 bridgehead atoms. The quantitative estimate of drug-likeness (QED) is 0.285. The number of nitrogens with one attached hydrogen (secondary N) is 2. The molecule has 0 aliphatic carbocycles. The maximum Gasteiger partial charge on any atom is 0.245 e. The van der Waals surface area contributed by atoms with Crippen LogP contribution < -0.4 is 10.6 Å². The SMILES string of the molecule is CCNC(=O)COCCOC(SSCCNC(C)C)C(C)C. The first-order valence-electron chi connectivity index (χ1n) is 7.95. The third-order valence-corrected chi connectivity index (χ3v) is 5.42. The number of hydrogen-bond donors (Lipinski definition) is 2. The molecule has 132 valence electrons. The molecule has 5 nitrogen and oxygen atoms in total. The molecular formula is C15H32N2O3S2. The molecule has 1 amide bonds. The molecule has 0 spiro atoms. The Morgan fingerprint density at radius 2 is 1.91 bits per heavy atom. The van der Waals surface area contributed by atoms with Crippen molar-refractivity contribution in [1.82, 2.24) is 10.6 Å². The maximum absolute atomic E-state index is 11.2. The first kappa shape index (κ1) is 22.1. The van der Waals surface area contributed by atoms with Crippen LogP contribution in [0, 0.1) is 5.92 Å². The number of amides is 1. The monoisotopic (exact) mass is 352 g/mol. The minimum atomic E-state index is -0.0782. The van der Waals surface area contributed by atoms with Crippen LogP contribution in [-0.4, -0.2) is 56.0 Å². The zero-order chi connectivity index (χ0) is 16.8. The zero-order valence-corrected chi connectivity index (χ0v) is 16.1. The van der Waals surface area contributed by atoms with E-state index >= 15 is 0 Å². The molecule has 0 aliphatic rings. The number of rotatable bonds is 14. The van der Waals surface area contributed by atoms with Crippen LogP contribution in [-0.2, 0) is 14.3 Å². The highest BCUT2D eigenvalue weighted by Crippen LogP contribution is 2.31. The van der Waals surface area contributed by atoms with E-state index < -0.39 is 0 Å². The summed E-state index contributed by atoms with van der Waals surface area (Å²) in [6, 6.07) is 0.532. The van der Waals surface area contributed by atoms with E-state index in [2.05, 4.69) is 38.3 Å². The second kappa shape index (κ2) is 14.6. The molecule has 7 heteroatoms. The van der Waals surface area contributed by atoms with Crippen molar-refractivity contribution < 1.29 is 14.3 Å². The topological polar surface area (TPSA) is 59.6 Å². The van der Waals surface area contributed by atoms with Crippen molar-refractivity contribution in [2.45, 2.75) is 46.1 Å². The number of carbonyl (C=O) groups is 1. The van der Waals surface area contributed by atoms with Gasteiger partial charge >= 0.3 is 0 Å². The summed E-state index contributed by atoms with van der Waals surface area (Å²) in [4.78, 5) is 11.2. The van der Waals surface area contributed by atoms with Gasteiger partial charge in [0, 0.05) is 24.9 Å². The van der Waals surface area contributed by atoms with Crippen molar-refractivity contribution in [1.29, 1.82) is 0 Å². The first-order valence-corrected chi connectivity index (χ1v) is 10.3. The third kappa shape index (κ3) is 13.7. The lowest BCUT2D eigenvalue weighted by molar-refractivity contribution is -0.126. The van der Waals surface area contributed by atoms with E-state index in [1.807, 2.05) is 17.7 Å². The van der Waals surface area contributed by atoms with Gasteiger partial charge in [-0.05, 0) is 12.8 Å². The van der Waals surface area contributed by atoms with E-state index in [1.165, 1.54) is 0 Å². The second-order valence-electron chi connectivity index (χ2n) is 5.52. The zero-order valence-electron chi connectivity index (χ0n) is 14.5. The van der Waals surface area contributed by atoms with Gasteiger partial charge in [0.05, 0.1) is 13.2 Å². The summed E-state index contributed by atoms with van der Waals surface area (Å²) >= 11 is 0. The van der Waals surface area contributed by atoms with Gasteiger partial charge in [0.1, 0.15) is 12.0 Å². The average Bonchev–Trinajstić information content (AvgIpc) is 2.44. The molecule has 0 aromatic carbocycles. The Kier molecular flexibility index (Phi) is 14.7. The number of likely N-dealkylation sites (N-methyl/N-ethyl adjacent to an activating group) is 1. The lowest BCUT2D eigenvalue weighted by atomic mass is 10.2. The summed E-state index contributed by atoms with van der Waals surface area (Å²) < 4.78 is 11.1. The largest absolute Gasteiger partial charge is 0.369 e. The molecule has 0 saturated heterocycles. The van der Waals surface area contributed by atoms with Gasteiger partial charge in [-0.15, -0.1) is 0 Å². The van der Waals surface area contributed by atoms with Gasteiger partial charge in [-0.25, -0.2) is 0 Å². The molecule has 22 heavy (non-hydrogen) atoms. The summed E-state index contributed by atoms with van der Waals surface area (Å²) in [6.07, 6.45) is 0. The Bertz CT molecular complexity index is 280. The first-order chi connectivity index (χ1) is 10.5. The van der Waals surface area contributed by atoms with Crippen LogP contribution in [0.1, 0.15) is 34.6 Å². The molecule has 0 aromatic heterocycles. The van der Waals surface area contributed by atoms with Crippen molar-refractivity contribution in [3.63, 3.8) is 0 Å². The van der Waals surface area contributed by atoms with E-state index in [9.17, 15) is 4.79 Å². The summed E-state index contributed by atoms with van der Waals surface area (Å²) in [7, 11) is 3.60. The Labute approximate surface area is 143 Å². The van der Waals surface area contributed by atoms with Gasteiger partial charge in [-0.2, -0.15) is 0 Å². The van der Waals surface area contributed by atoms with Gasteiger partial charge in [0.15, 0.2) is 0 Å². The van der Waals surface area contributed by atoms with Crippen LogP contribution in [0.4, 0.5) is 0 Å². The number of carbonyl (C=O) groups excluding carboxylic acids is 1. The van der Waals surface area contributed by atoms with Crippen LogP contribution in [0.15, 0.2) is 0 Å². The molecule has 1 atom stereocenters. The summed E-state index contributed by atoms with van der Waals surface area (Å²) in [5.74, 6) is 1.42. The Balaban J connectivity index is 3.66. The molecule has 1 unspecified atom stereocenters. The summed E-state index contributed by atoms with van der Waals surface area (Å²) in [5, 5.41) is 6.09. The predicted molar refractivity (Wildman–Crippen MR) is 97.3 cm³/mol. The standard InChI is InChI=1S/C15H32N2O3S2/c1-6-16-14(18)11-19-8-9-20-15(12(2)3)22-21-10-7-17-13(4)5/h12-13,15,17H,6-11H2,1-5H3,(H,16,18). The van der Waals surface area contributed by atoms with Gasteiger partial charge in [-0.1, -0.05) is 49.3 Å². The van der Waals surface area contributed by atoms with Crippen LogP contribution in [0.25, 0.3) is 0 Å². The maximum atomic E-state index is 11.2. The highest BCUT2D eigenvalue weighted by Gasteiger charge is 2.14. The normalized spacial score (nSPS) is 12.9. The summed E-state index contributed by atoms with van der Waals surface area (Å²) in [6.45, 7) is 13.2. The van der Waals surface area contributed by atoms with Gasteiger partial charge in [0.25, 0.3) is 0 Å². The van der Waals surface area contributed by atoms with E-state index in [-0.39, 0.29) is 18.0 Å². The van der Waals surface area contributed by atoms with Crippen LogP contribution in [0.2, 0.25) is 0 Å². The molecule has 0 saturated carbocycles. The lowest BCUT2D eigenvalue weighted by Gasteiger charge is -2.20. The molecular weight excluding hydrogens is 320 g/mol. The molecule has 0 aromatic rings. The highest BCUT2D eigenvalue weighted by atomic mass is 33.1. The van der Waals surface area contributed by atoms with Gasteiger partial charge in [-0.3, -0.25) is 4.79 Å². The molecule has 0 rings (SSSR count). The van der Waals surface area contributed by atoms with E-state index in [1.54, 1.807) is 10.8 Å². The molecule has 0 radical (unpaired) electrons. The fourth-order valence-electron chi connectivity index (χ4n) is 1.47. The van der Waals surface area contributed by atoms with Crippen molar-refractivity contribution in [2.75, 3.05) is 38.7 Å². The molecule has 0 heterocycles.